The Kier molecular flexibility index (Phi) is 7.23. The minimum Gasteiger partial charge on any atom is -0.395 e. The molecule has 0 aliphatic heterocycles. The summed E-state index contributed by atoms with van der Waals surface area (Å²) in [6.07, 6.45) is 1.08. The molecule has 0 heterocycles. The normalized spacial score (nSPS) is 16.2. The molecule has 2 N–H and O–H groups in total. The molecule has 0 saturated carbocycles. The van der Waals surface area contributed by atoms with Gasteiger partial charge >= 0.3 is 0 Å². The van der Waals surface area contributed by atoms with Gasteiger partial charge in [0.2, 0.25) is 0 Å². The van der Waals surface area contributed by atoms with Gasteiger partial charge in [0.1, 0.15) is 0 Å². The Morgan fingerprint density at radius 2 is 2.00 bits per heavy atom. The highest BCUT2D eigenvalue weighted by molar-refractivity contribution is 4.74. The van der Waals surface area contributed by atoms with Crippen LogP contribution >= 0.6 is 0 Å². The van der Waals surface area contributed by atoms with Crippen molar-refractivity contribution in [3.8, 4) is 0 Å². The molecule has 0 aliphatic carbocycles. The second-order valence-electron chi connectivity index (χ2n) is 3.76. The maximum atomic E-state index is 9.04. The first-order valence-electron chi connectivity index (χ1n) is 5.01. The molecular weight excluding hydrogens is 166 g/mol. The lowest BCUT2D eigenvalue weighted by atomic mass is 10.0. The molecule has 2 unspecified atom stereocenters. The predicted molar refractivity (Wildman–Crippen MR) is 54.8 cm³/mol. The topological polar surface area (TPSA) is 41.5 Å². The van der Waals surface area contributed by atoms with Gasteiger partial charge < -0.3 is 15.2 Å². The summed E-state index contributed by atoms with van der Waals surface area (Å²) < 4.78 is 5.00. The molecule has 0 saturated heterocycles. The second-order valence-corrected chi connectivity index (χ2v) is 3.76. The first-order chi connectivity index (χ1) is 6.15. The Bertz CT molecular complexity index is 117. The fourth-order valence-electron chi connectivity index (χ4n) is 1.44. The van der Waals surface area contributed by atoms with Crippen LogP contribution < -0.4 is 5.32 Å². The molecule has 3 heteroatoms. The van der Waals surface area contributed by atoms with Crippen molar-refractivity contribution in [3.63, 3.8) is 0 Å². The molecule has 0 aliphatic rings. The van der Waals surface area contributed by atoms with E-state index in [9.17, 15) is 0 Å². The van der Waals surface area contributed by atoms with Crippen molar-refractivity contribution < 1.29 is 9.84 Å². The van der Waals surface area contributed by atoms with Crippen LogP contribution in [0.5, 0.6) is 0 Å². The van der Waals surface area contributed by atoms with Crippen LogP contribution in [-0.4, -0.2) is 37.5 Å². The van der Waals surface area contributed by atoms with E-state index in [-0.39, 0.29) is 12.6 Å². The third-order valence-electron chi connectivity index (χ3n) is 2.28. The first-order valence-corrected chi connectivity index (χ1v) is 5.01. The number of ether oxygens (including phenoxy) is 1. The van der Waals surface area contributed by atoms with Crippen LogP contribution in [0.4, 0.5) is 0 Å². The van der Waals surface area contributed by atoms with Crippen LogP contribution in [-0.2, 0) is 4.74 Å². The third kappa shape index (κ3) is 5.24. The second kappa shape index (κ2) is 7.30. The van der Waals surface area contributed by atoms with Gasteiger partial charge in [0, 0.05) is 13.2 Å². The Balaban J connectivity index is 3.87. The van der Waals surface area contributed by atoms with Crippen molar-refractivity contribution >= 4 is 0 Å². The molecule has 3 nitrogen and oxygen atoms in total. The van der Waals surface area contributed by atoms with Gasteiger partial charge in [0.25, 0.3) is 0 Å². The molecule has 0 spiro atoms. The average Bonchev–Trinajstić information content (AvgIpc) is 2.11. The van der Waals surface area contributed by atoms with E-state index in [0.29, 0.717) is 18.6 Å². The number of nitrogens with one attached hydrogen (secondary N) is 1. The quantitative estimate of drug-likeness (QED) is 0.628. The van der Waals surface area contributed by atoms with Crippen LogP contribution in [0.3, 0.4) is 0 Å². The van der Waals surface area contributed by atoms with Crippen LogP contribution in [0.2, 0.25) is 0 Å². The maximum absolute atomic E-state index is 9.04. The van der Waals surface area contributed by atoms with Gasteiger partial charge in [-0.1, -0.05) is 20.8 Å². The van der Waals surface area contributed by atoms with E-state index in [2.05, 4.69) is 26.1 Å². The number of rotatable bonds is 7. The number of aliphatic hydroxyl groups excluding tert-OH is 1. The van der Waals surface area contributed by atoms with E-state index in [1.807, 2.05) is 0 Å². The summed E-state index contributed by atoms with van der Waals surface area (Å²) in [5.41, 5.74) is 0. The van der Waals surface area contributed by atoms with E-state index in [1.54, 1.807) is 7.11 Å². The van der Waals surface area contributed by atoms with Gasteiger partial charge in [0.15, 0.2) is 0 Å². The zero-order chi connectivity index (χ0) is 10.3. The van der Waals surface area contributed by atoms with Crippen molar-refractivity contribution in [2.45, 2.75) is 39.3 Å². The predicted octanol–water partition coefficient (Wildman–Crippen LogP) is 1.02. The number of hydrogen-bond acceptors (Lipinski definition) is 3. The molecule has 0 bridgehead atoms. The smallest absolute Gasteiger partial charge is 0.0638 e. The van der Waals surface area contributed by atoms with E-state index in [1.165, 1.54) is 0 Å². The van der Waals surface area contributed by atoms with Crippen molar-refractivity contribution in [2.24, 2.45) is 5.92 Å². The Morgan fingerprint density at radius 1 is 1.38 bits per heavy atom. The SMILES string of the molecule is CCC(NC(CO)COC)C(C)C. The zero-order valence-electron chi connectivity index (χ0n) is 9.21. The minimum atomic E-state index is 0.0670. The highest BCUT2D eigenvalue weighted by atomic mass is 16.5. The fraction of sp³-hybridized carbons (Fsp3) is 1.00. The van der Waals surface area contributed by atoms with Crippen molar-refractivity contribution in [2.75, 3.05) is 20.3 Å². The van der Waals surface area contributed by atoms with Crippen LogP contribution in [0.15, 0.2) is 0 Å². The number of methoxy groups -OCH3 is 1. The van der Waals surface area contributed by atoms with Gasteiger partial charge in [-0.2, -0.15) is 0 Å². The molecule has 0 fully saturated rings. The standard InChI is InChI=1S/C10H23NO2/c1-5-10(8(2)3)11-9(6-12)7-13-4/h8-12H,5-7H2,1-4H3. The van der Waals surface area contributed by atoms with E-state index in [0.717, 1.165) is 6.42 Å². The first kappa shape index (κ1) is 12.9. The summed E-state index contributed by atoms with van der Waals surface area (Å²) in [7, 11) is 1.65. The third-order valence-corrected chi connectivity index (χ3v) is 2.28. The van der Waals surface area contributed by atoms with Gasteiger partial charge in [-0.05, 0) is 12.3 Å². The summed E-state index contributed by atoms with van der Waals surface area (Å²) >= 11 is 0. The molecule has 0 amide bonds. The Labute approximate surface area is 81.5 Å². The van der Waals surface area contributed by atoms with Gasteiger partial charge in [-0.3, -0.25) is 0 Å². The molecule has 80 valence electrons. The Morgan fingerprint density at radius 3 is 2.31 bits per heavy atom. The number of aliphatic hydroxyl groups is 1. The summed E-state index contributed by atoms with van der Waals surface area (Å²) in [4.78, 5) is 0. The van der Waals surface area contributed by atoms with Crippen LogP contribution in [0.1, 0.15) is 27.2 Å². The van der Waals surface area contributed by atoms with Gasteiger partial charge in [0.05, 0.1) is 19.3 Å². The molecule has 2 atom stereocenters. The molecule has 0 aromatic heterocycles. The average molecular weight is 189 g/mol. The number of hydrogen-bond donors (Lipinski definition) is 2. The van der Waals surface area contributed by atoms with Crippen molar-refractivity contribution in [3.05, 3.63) is 0 Å². The molecule has 0 radical (unpaired) electrons. The highest BCUT2D eigenvalue weighted by Crippen LogP contribution is 2.06. The molecule has 0 rings (SSSR count). The lowest BCUT2D eigenvalue weighted by Gasteiger charge is -2.26. The van der Waals surface area contributed by atoms with Gasteiger partial charge in [-0.25, -0.2) is 0 Å². The van der Waals surface area contributed by atoms with Crippen LogP contribution in [0.25, 0.3) is 0 Å². The molecule has 0 aromatic carbocycles. The van der Waals surface area contributed by atoms with Crippen molar-refractivity contribution in [1.82, 2.24) is 5.32 Å². The Hall–Kier alpha value is -0.120. The van der Waals surface area contributed by atoms with Crippen LogP contribution in [0, 0.1) is 5.92 Å². The lowest BCUT2D eigenvalue weighted by molar-refractivity contribution is 0.117. The lowest BCUT2D eigenvalue weighted by Crippen LogP contribution is -2.45. The highest BCUT2D eigenvalue weighted by Gasteiger charge is 2.15. The minimum absolute atomic E-state index is 0.0670. The van der Waals surface area contributed by atoms with Crippen molar-refractivity contribution in [1.29, 1.82) is 0 Å². The maximum Gasteiger partial charge on any atom is 0.0638 e. The van der Waals surface area contributed by atoms with E-state index >= 15 is 0 Å². The van der Waals surface area contributed by atoms with Gasteiger partial charge in [-0.15, -0.1) is 0 Å². The van der Waals surface area contributed by atoms with E-state index < -0.39 is 0 Å². The fourth-order valence-corrected chi connectivity index (χ4v) is 1.44. The molecule has 13 heavy (non-hydrogen) atoms. The van der Waals surface area contributed by atoms with E-state index in [4.69, 9.17) is 9.84 Å². The molecular formula is C10H23NO2. The summed E-state index contributed by atoms with van der Waals surface area (Å²) in [6.45, 7) is 7.22. The largest absolute Gasteiger partial charge is 0.395 e. The zero-order valence-corrected chi connectivity index (χ0v) is 9.21. The summed E-state index contributed by atoms with van der Waals surface area (Å²) in [6, 6.07) is 0.532. The summed E-state index contributed by atoms with van der Waals surface area (Å²) in [5, 5.41) is 12.4. The summed E-state index contributed by atoms with van der Waals surface area (Å²) in [5.74, 6) is 0.593. The monoisotopic (exact) mass is 189 g/mol. The molecule has 0 aromatic rings.